The van der Waals surface area contributed by atoms with Gasteiger partial charge in [0.1, 0.15) is 11.5 Å². The van der Waals surface area contributed by atoms with Crippen LogP contribution in [0, 0.1) is 0 Å². The fourth-order valence-corrected chi connectivity index (χ4v) is 3.84. The van der Waals surface area contributed by atoms with Gasteiger partial charge in [-0.1, -0.05) is 11.6 Å². The molecule has 0 fully saturated rings. The Morgan fingerprint density at radius 2 is 2.08 bits per heavy atom. The Balaban J connectivity index is 1.85. The topological polar surface area (TPSA) is 46.3 Å². The van der Waals surface area contributed by atoms with E-state index in [1.807, 2.05) is 31.2 Å². The zero-order valence-corrected chi connectivity index (χ0v) is 15.1. The summed E-state index contributed by atoms with van der Waals surface area (Å²) in [5.74, 6) is 1.75. The average molecular weight is 357 g/mol. The first-order chi connectivity index (χ1) is 12.2. The predicted octanol–water partition coefficient (Wildman–Crippen LogP) is 4.46. The summed E-state index contributed by atoms with van der Waals surface area (Å²) in [4.78, 5) is 3.59. The van der Waals surface area contributed by atoms with Gasteiger partial charge in [-0.3, -0.25) is 0 Å². The molecule has 0 saturated carbocycles. The lowest BCUT2D eigenvalue weighted by atomic mass is 9.94. The van der Waals surface area contributed by atoms with Crippen LogP contribution >= 0.6 is 11.6 Å². The molecule has 25 heavy (non-hydrogen) atoms. The number of benzene rings is 2. The van der Waals surface area contributed by atoms with Gasteiger partial charge in [-0.25, -0.2) is 0 Å². The van der Waals surface area contributed by atoms with E-state index in [0.29, 0.717) is 11.6 Å². The maximum absolute atomic E-state index is 6.24. The Morgan fingerprint density at radius 3 is 2.88 bits per heavy atom. The van der Waals surface area contributed by atoms with E-state index in [-0.39, 0.29) is 6.04 Å². The first-order valence-electron chi connectivity index (χ1n) is 8.55. The molecule has 2 N–H and O–H groups in total. The monoisotopic (exact) mass is 356 g/mol. The summed E-state index contributed by atoms with van der Waals surface area (Å²) in [5, 5.41) is 5.53. The summed E-state index contributed by atoms with van der Waals surface area (Å²) in [6, 6.07) is 12.0. The number of hydrogen-bond acceptors (Lipinski definition) is 3. The molecule has 1 unspecified atom stereocenters. The van der Waals surface area contributed by atoms with Crippen LogP contribution in [0.15, 0.2) is 36.4 Å². The van der Waals surface area contributed by atoms with Crippen LogP contribution in [0.2, 0.25) is 5.02 Å². The molecule has 0 bridgehead atoms. The molecule has 1 aliphatic rings. The van der Waals surface area contributed by atoms with Crippen molar-refractivity contribution in [2.75, 3.05) is 20.3 Å². The van der Waals surface area contributed by atoms with E-state index in [9.17, 15) is 0 Å². The molecule has 1 aromatic heterocycles. The van der Waals surface area contributed by atoms with E-state index in [1.54, 1.807) is 7.11 Å². The highest BCUT2D eigenvalue weighted by atomic mass is 35.5. The number of rotatable bonds is 4. The van der Waals surface area contributed by atoms with Gasteiger partial charge in [0, 0.05) is 33.7 Å². The summed E-state index contributed by atoms with van der Waals surface area (Å²) in [5.41, 5.74) is 4.69. The quantitative estimate of drug-likeness (QED) is 0.725. The van der Waals surface area contributed by atoms with E-state index in [2.05, 4.69) is 22.4 Å². The van der Waals surface area contributed by atoms with Crippen LogP contribution in [0.3, 0.4) is 0 Å². The fourth-order valence-electron chi connectivity index (χ4n) is 3.66. The normalized spacial score (nSPS) is 16.7. The van der Waals surface area contributed by atoms with Crippen molar-refractivity contribution in [2.24, 2.45) is 0 Å². The van der Waals surface area contributed by atoms with E-state index in [1.165, 1.54) is 16.6 Å². The standard InChI is InChI=1S/C20H21ClN2O2/c1-3-25-13-5-6-17-15(11-13)14-8-9-22-19(20(14)23-17)16-10-12(21)4-7-18(16)24-2/h4-7,10-11,19,22-23H,3,8-9H2,1-2H3. The van der Waals surface area contributed by atoms with Crippen molar-refractivity contribution in [3.8, 4) is 11.5 Å². The molecule has 1 atom stereocenters. The number of hydrogen-bond donors (Lipinski definition) is 2. The highest BCUT2D eigenvalue weighted by molar-refractivity contribution is 6.30. The summed E-state index contributed by atoms with van der Waals surface area (Å²) in [6.45, 7) is 3.57. The summed E-state index contributed by atoms with van der Waals surface area (Å²) in [7, 11) is 1.69. The molecule has 3 aromatic rings. The van der Waals surface area contributed by atoms with Gasteiger partial charge in [-0.2, -0.15) is 0 Å². The number of halogens is 1. The van der Waals surface area contributed by atoms with Crippen molar-refractivity contribution in [1.82, 2.24) is 10.3 Å². The number of fused-ring (bicyclic) bond motifs is 3. The lowest BCUT2D eigenvalue weighted by Gasteiger charge is -2.26. The highest BCUT2D eigenvalue weighted by Crippen LogP contribution is 2.38. The van der Waals surface area contributed by atoms with Gasteiger partial charge in [0.15, 0.2) is 0 Å². The minimum atomic E-state index is 0.0281. The first kappa shape index (κ1) is 16.3. The van der Waals surface area contributed by atoms with Crippen molar-refractivity contribution in [1.29, 1.82) is 0 Å². The minimum absolute atomic E-state index is 0.0281. The lowest BCUT2D eigenvalue weighted by molar-refractivity contribution is 0.340. The van der Waals surface area contributed by atoms with Crippen LogP contribution < -0.4 is 14.8 Å². The van der Waals surface area contributed by atoms with Gasteiger partial charge >= 0.3 is 0 Å². The van der Waals surface area contributed by atoms with E-state index < -0.39 is 0 Å². The van der Waals surface area contributed by atoms with E-state index >= 15 is 0 Å². The second-order valence-electron chi connectivity index (χ2n) is 6.18. The molecule has 4 rings (SSSR count). The Morgan fingerprint density at radius 1 is 1.20 bits per heavy atom. The Kier molecular flexibility index (Phi) is 4.32. The maximum Gasteiger partial charge on any atom is 0.124 e. The van der Waals surface area contributed by atoms with Crippen LogP contribution in [0.25, 0.3) is 10.9 Å². The van der Waals surface area contributed by atoms with E-state index in [0.717, 1.165) is 35.5 Å². The molecule has 0 aliphatic carbocycles. The number of ether oxygens (including phenoxy) is 2. The van der Waals surface area contributed by atoms with Crippen LogP contribution in [0.4, 0.5) is 0 Å². The van der Waals surface area contributed by atoms with Crippen molar-refractivity contribution in [3.05, 3.63) is 58.2 Å². The van der Waals surface area contributed by atoms with Crippen molar-refractivity contribution in [2.45, 2.75) is 19.4 Å². The number of methoxy groups -OCH3 is 1. The Labute approximate surface area is 152 Å². The molecule has 0 spiro atoms. The molecular formula is C20H21ClN2O2. The van der Waals surface area contributed by atoms with Crippen LogP contribution in [-0.4, -0.2) is 25.2 Å². The molecule has 4 nitrogen and oxygen atoms in total. The first-order valence-corrected chi connectivity index (χ1v) is 8.93. The molecule has 0 radical (unpaired) electrons. The van der Waals surface area contributed by atoms with Gasteiger partial charge < -0.3 is 19.8 Å². The zero-order valence-electron chi connectivity index (χ0n) is 14.4. The van der Waals surface area contributed by atoms with Gasteiger partial charge in [0.2, 0.25) is 0 Å². The van der Waals surface area contributed by atoms with E-state index in [4.69, 9.17) is 21.1 Å². The predicted molar refractivity (Wildman–Crippen MR) is 101 cm³/mol. The second kappa shape index (κ2) is 6.62. The summed E-state index contributed by atoms with van der Waals surface area (Å²) >= 11 is 6.24. The average Bonchev–Trinajstić information content (AvgIpc) is 3.00. The van der Waals surface area contributed by atoms with Crippen LogP contribution in [0.5, 0.6) is 11.5 Å². The van der Waals surface area contributed by atoms with Gasteiger partial charge in [0.05, 0.1) is 19.8 Å². The van der Waals surface area contributed by atoms with Gasteiger partial charge in [0.25, 0.3) is 0 Å². The molecule has 5 heteroatoms. The molecule has 0 amide bonds. The summed E-state index contributed by atoms with van der Waals surface area (Å²) in [6.07, 6.45) is 0.976. The SMILES string of the molecule is CCOc1ccc2[nH]c3c(c2c1)CCNC3c1cc(Cl)ccc1OC. The smallest absolute Gasteiger partial charge is 0.124 e. The fraction of sp³-hybridized carbons (Fsp3) is 0.300. The third-order valence-electron chi connectivity index (χ3n) is 4.74. The highest BCUT2D eigenvalue weighted by Gasteiger charge is 2.27. The third-order valence-corrected chi connectivity index (χ3v) is 4.97. The molecule has 1 aliphatic heterocycles. The molecule has 2 heterocycles. The van der Waals surface area contributed by atoms with Crippen LogP contribution in [-0.2, 0) is 6.42 Å². The molecule has 2 aromatic carbocycles. The van der Waals surface area contributed by atoms with Gasteiger partial charge in [-0.15, -0.1) is 0 Å². The summed E-state index contributed by atoms with van der Waals surface area (Å²) < 4.78 is 11.2. The Bertz CT molecular complexity index is 919. The maximum atomic E-state index is 6.24. The second-order valence-corrected chi connectivity index (χ2v) is 6.62. The van der Waals surface area contributed by atoms with Crippen LogP contribution in [0.1, 0.15) is 29.8 Å². The largest absolute Gasteiger partial charge is 0.496 e. The number of H-pyrrole nitrogens is 1. The minimum Gasteiger partial charge on any atom is -0.496 e. The van der Waals surface area contributed by atoms with Gasteiger partial charge in [-0.05, 0) is 55.3 Å². The van der Waals surface area contributed by atoms with Crippen molar-refractivity contribution in [3.63, 3.8) is 0 Å². The van der Waals surface area contributed by atoms with Crippen molar-refractivity contribution < 1.29 is 9.47 Å². The zero-order chi connectivity index (χ0) is 17.4. The molecule has 0 saturated heterocycles. The lowest BCUT2D eigenvalue weighted by Crippen LogP contribution is -2.30. The van der Waals surface area contributed by atoms with Crippen molar-refractivity contribution >= 4 is 22.5 Å². The Hall–Kier alpha value is -2.17. The number of aromatic amines is 1. The molecule has 130 valence electrons. The molecular weight excluding hydrogens is 336 g/mol. The number of nitrogens with one attached hydrogen (secondary N) is 2. The third kappa shape index (κ3) is 2.86. The number of aromatic nitrogens is 1.